The van der Waals surface area contributed by atoms with Crippen LogP contribution in [0.5, 0.6) is 11.5 Å². The third-order valence-electron chi connectivity index (χ3n) is 5.61. The molecule has 0 saturated carbocycles. The zero-order chi connectivity index (χ0) is 20.5. The van der Waals surface area contributed by atoms with Crippen LogP contribution in [-0.4, -0.2) is 60.4 Å². The lowest BCUT2D eigenvalue weighted by molar-refractivity contribution is 0.0331. The normalized spacial score (nSPS) is 19.2. The summed E-state index contributed by atoms with van der Waals surface area (Å²) in [5, 5.41) is 4.64. The molecule has 2 aromatic heterocycles. The first-order valence-corrected chi connectivity index (χ1v) is 11.2. The van der Waals surface area contributed by atoms with Gasteiger partial charge in [0.05, 0.1) is 31.7 Å². The number of rotatable bonds is 5. The smallest absolute Gasteiger partial charge is 0.161 e. The molecule has 1 fully saturated rings. The van der Waals surface area contributed by atoms with E-state index in [0.29, 0.717) is 13.2 Å². The molecular weight excluding hydrogens is 400 g/mol. The lowest BCUT2D eigenvalue weighted by Gasteiger charge is -2.27. The van der Waals surface area contributed by atoms with E-state index < -0.39 is 0 Å². The minimum atomic E-state index is -0.0763. The van der Waals surface area contributed by atoms with Gasteiger partial charge in [0.25, 0.3) is 0 Å². The molecular formula is C22H26N4O3S. The number of nitrogens with one attached hydrogen (secondary N) is 1. The Labute approximate surface area is 180 Å². The number of anilines is 1. The van der Waals surface area contributed by atoms with Gasteiger partial charge in [0.1, 0.15) is 29.2 Å². The second-order valence-electron chi connectivity index (χ2n) is 7.72. The van der Waals surface area contributed by atoms with E-state index in [1.807, 2.05) is 24.3 Å². The van der Waals surface area contributed by atoms with Crippen LogP contribution >= 0.6 is 11.3 Å². The maximum absolute atomic E-state index is 6.10. The van der Waals surface area contributed by atoms with Crippen molar-refractivity contribution in [2.45, 2.75) is 26.5 Å². The zero-order valence-corrected chi connectivity index (χ0v) is 18.1. The molecule has 1 N–H and O–H groups in total. The summed E-state index contributed by atoms with van der Waals surface area (Å²) in [5.41, 5.74) is 1.24. The van der Waals surface area contributed by atoms with E-state index in [9.17, 15) is 0 Å². The van der Waals surface area contributed by atoms with Gasteiger partial charge in [-0.2, -0.15) is 0 Å². The highest BCUT2D eigenvalue weighted by molar-refractivity contribution is 7.18. The number of aromatic nitrogens is 2. The highest BCUT2D eigenvalue weighted by Gasteiger charge is 2.22. The van der Waals surface area contributed by atoms with Crippen LogP contribution < -0.4 is 14.8 Å². The second-order valence-corrected chi connectivity index (χ2v) is 8.92. The van der Waals surface area contributed by atoms with Gasteiger partial charge in [-0.3, -0.25) is 4.90 Å². The fraction of sp³-hybridized carbons (Fsp3) is 0.455. The molecule has 0 amide bonds. The Morgan fingerprint density at radius 1 is 1.13 bits per heavy atom. The maximum atomic E-state index is 6.10. The maximum Gasteiger partial charge on any atom is 0.161 e. The van der Waals surface area contributed by atoms with Crippen LogP contribution in [0.1, 0.15) is 16.3 Å². The summed E-state index contributed by atoms with van der Waals surface area (Å²) in [5.74, 6) is 3.32. The lowest BCUT2D eigenvalue weighted by Crippen LogP contribution is -2.36. The Kier molecular flexibility index (Phi) is 5.45. The third-order valence-corrected chi connectivity index (χ3v) is 6.71. The van der Waals surface area contributed by atoms with Gasteiger partial charge < -0.3 is 19.5 Å². The number of para-hydroxylation sites is 2. The number of hydrogen-bond acceptors (Lipinski definition) is 8. The fourth-order valence-electron chi connectivity index (χ4n) is 3.83. The molecule has 2 aliphatic rings. The highest BCUT2D eigenvalue weighted by atomic mass is 32.1. The average molecular weight is 427 g/mol. The number of fused-ring (bicyclic) bond motifs is 2. The van der Waals surface area contributed by atoms with Crippen molar-refractivity contribution < 1.29 is 14.2 Å². The predicted octanol–water partition coefficient (Wildman–Crippen LogP) is 3.39. The minimum Gasteiger partial charge on any atom is -0.486 e. The molecule has 1 atom stereocenters. The van der Waals surface area contributed by atoms with Gasteiger partial charge in [-0.15, -0.1) is 11.3 Å². The molecule has 1 saturated heterocycles. The number of thiophene rings is 1. The highest BCUT2D eigenvalue weighted by Crippen LogP contribution is 2.34. The summed E-state index contributed by atoms with van der Waals surface area (Å²) >= 11 is 1.73. The monoisotopic (exact) mass is 426 g/mol. The van der Waals surface area contributed by atoms with E-state index in [4.69, 9.17) is 24.2 Å². The minimum absolute atomic E-state index is 0.0763. The molecule has 0 radical (unpaired) electrons. The van der Waals surface area contributed by atoms with E-state index in [2.05, 4.69) is 24.1 Å². The van der Waals surface area contributed by atoms with E-state index in [1.54, 1.807) is 11.3 Å². The van der Waals surface area contributed by atoms with Crippen LogP contribution in [-0.2, 0) is 11.3 Å². The fourth-order valence-corrected chi connectivity index (χ4v) is 4.87. The number of ether oxygens (including phenoxy) is 3. The summed E-state index contributed by atoms with van der Waals surface area (Å²) in [6, 6.07) is 7.79. The number of nitrogens with zero attached hydrogens (tertiary/aromatic N) is 3. The van der Waals surface area contributed by atoms with Crippen LogP contribution in [0.15, 0.2) is 24.3 Å². The number of aryl methyl sites for hydroxylation is 2. The van der Waals surface area contributed by atoms with Crippen LogP contribution in [0.3, 0.4) is 0 Å². The van der Waals surface area contributed by atoms with Crippen molar-refractivity contribution in [3.05, 3.63) is 40.5 Å². The predicted molar refractivity (Wildman–Crippen MR) is 118 cm³/mol. The molecule has 30 heavy (non-hydrogen) atoms. The number of morpholine rings is 1. The SMILES string of the molecule is Cc1sc2nc(CN3CCOCC3)nc(NC[C@H]3COc4ccccc4O3)c2c1C. The van der Waals surface area contributed by atoms with Crippen molar-refractivity contribution in [1.82, 2.24) is 14.9 Å². The average Bonchev–Trinajstić information content (AvgIpc) is 3.06. The standard InChI is InChI=1S/C22H26N4O3S/c1-14-15(2)30-22-20(14)21(24-19(25-22)12-26-7-9-27-10-8-26)23-11-16-13-28-17-5-3-4-6-18(17)29-16/h3-6,16H,7-13H2,1-2H3,(H,23,24,25)/t16-/m0/s1. The van der Waals surface area contributed by atoms with Crippen molar-refractivity contribution in [3.63, 3.8) is 0 Å². The van der Waals surface area contributed by atoms with E-state index in [0.717, 1.165) is 66.2 Å². The summed E-state index contributed by atoms with van der Waals surface area (Å²) < 4.78 is 17.4. The summed E-state index contributed by atoms with van der Waals surface area (Å²) in [7, 11) is 0. The van der Waals surface area contributed by atoms with Crippen molar-refractivity contribution in [3.8, 4) is 11.5 Å². The van der Waals surface area contributed by atoms with Crippen LogP contribution in [0.25, 0.3) is 10.2 Å². The molecule has 0 bridgehead atoms. The molecule has 1 aromatic carbocycles. The molecule has 0 aliphatic carbocycles. The third kappa shape index (κ3) is 3.95. The molecule has 158 valence electrons. The lowest BCUT2D eigenvalue weighted by atomic mass is 10.2. The summed E-state index contributed by atoms with van der Waals surface area (Å²) in [4.78, 5) is 14.4. The Hall–Kier alpha value is -2.42. The first-order valence-electron chi connectivity index (χ1n) is 10.4. The van der Waals surface area contributed by atoms with Gasteiger partial charge in [-0.1, -0.05) is 12.1 Å². The van der Waals surface area contributed by atoms with Crippen LogP contribution in [0.2, 0.25) is 0 Å². The number of benzene rings is 1. The van der Waals surface area contributed by atoms with Crippen LogP contribution in [0.4, 0.5) is 5.82 Å². The van der Waals surface area contributed by atoms with Gasteiger partial charge in [-0.25, -0.2) is 9.97 Å². The molecule has 3 aromatic rings. The first kappa shape index (κ1) is 19.5. The molecule has 8 heteroatoms. The first-order chi connectivity index (χ1) is 14.7. The van der Waals surface area contributed by atoms with E-state index in [1.165, 1.54) is 10.4 Å². The molecule has 0 unspecified atom stereocenters. The molecule has 4 heterocycles. The largest absolute Gasteiger partial charge is 0.486 e. The molecule has 2 aliphatic heterocycles. The number of hydrogen-bond donors (Lipinski definition) is 1. The van der Waals surface area contributed by atoms with Crippen molar-refractivity contribution in [2.24, 2.45) is 0 Å². The Morgan fingerprint density at radius 3 is 2.77 bits per heavy atom. The van der Waals surface area contributed by atoms with Gasteiger partial charge in [0.15, 0.2) is 11.5 Å². The molecule has 5 rings (SSSR count). The zero-order valence-electron chi connectivity index (χ0n) is 17.3. The quantitative estimate of drug-likeness (QED) is 0.671. The van der Waals surface area contributed by atoms with Crippen molar-refractivity contribution >= 4 is 27.4 Å². The van der Waals surface area contributed by atoms with Crippen molar-refractivity contribution in [2.75, 3.05) is 44.8 Å². The van der Waals surface area contributed by atoms with E-state index >= 15 is 0 Å². The summed E-state index contributed by atoms with van der Waals surface area (Å²) in [6.45, 7) is 9.52. The van der Waals surface area contributed by atoms with Crippen LogP contribution in [0, 0.1) is 13.8 Å². The van der Waals surface area contributed by atoms with Gasteiger partial charge in [0.2, 0.25) is 0 Å². The topological polar surface area (TPSA) is 68.7 Å². The van der Waals surface area contributed by atoms with Gasteiger partial charge in [-0.05, 0) is 31.5 Å². The molecule has 0 spiro atoms. The Balaban J connectivity index is 1.37. The summed E-state index contributed by atoms with van der Waals surface area (Å²) in [6.07, 6.45) is -0.0763. The van der Waals surface area contributed by atoms with E-state index in [-0.39, 0.29) is 6.10 Å². The Bertz CT molecular complexity index is 1050. The van der Waals surface area contributed by atoms with Crippen molar-refractivity contribution in [1.29, 1.82) is 0 Å². The van der Waals surface area contributed by atoms with Gasteiger partial charge >= 0.3 is 0 Å². The molecule has 7 nitrogen and oxygen atoms in total. The second kappa shape index (κ2) is 8.37. The Morgan fingerprint density at radius 2 is 1.93 bits per heavy atom. The van der Waals surface area contributed by atoms with Gasteiger partial charge in [0, 0.05) is 18.0 Å².